The first-order valence-electron chi connectivity index (χ1n) is 18.0. The molecule has 0 atom stereocenters. The zero-order valence-corrected chi connectivity index (χ0v) is 29.3. The molecule has 11 nitrogen and oxygen atoms in total. The van der Waals surface area contributed by atoms with Gasteiger partial charge in [-0.15, -0.1) is 0 Å². The van der Waals surface area contributed by atoms with Crippen molar-refractivity contribution in [1.29, 1.82) is 0 Å². The highest BCUT2D eigenvalue weighted by Gasteiger charge is 2.51. The van der Waals surface area contributed by atoms with Gasteiger partial charge in [0.1, 0.15) is 11.9 Å². The molecule has 0 radical (unpaired) electrons. The van der Waals surface area contributed by atoms with Gasteiger partial charge in [-0.3, -0.25) is 14.4 Å². The summed E-state index contributed by atoms with van der Waals surface area (Å²) in [7, 11) is 1.72. The Morgan fingerprint density at radius 1 is 1.04 bits per heavy atom. The van der Waals surface area contributed by atoms with Crippen molar-refractivity contribution in [3.8, 4) is 17.0 Å². The van der Waals surface area contributed by atoms with E-state index in [1.807, 2.05) is 28.0 Å². The van der Waals surface area contributed by atoms with Crippen LogP contribution in [0.25, 0.3) is 11.3 Å². The number of hydrogen-bond donors (Lipinski definition) is 1. The first-order chi connectivity index (χ1) is 23.6. The highest BCUT2D eigenvalue weighted by Crippen LogP contribution is 2.58. The first-order valence-corrected chi connectivity index (χ1v) is 18.0. The van der Waals surface area contributed by atoms with Crippen molar-refractivity contribution in [2.24, 2.45) is 11.3 Å². The van der Waals surface area contributed by atoms with Crippen LogP contribution in [0.15, 0.2) is 42.9 Å². The average molecular weight is 671 g/mol. The Kier molecular flexibility index (Phi) is 9.15. The number of fused-ring (bicyclic) bond motifs is 3. The zero-order valence-electron chi connectivity index (χ0n) is 29.3. The molecule has 2 bridgehead atoms. The minimum Gasteiger partial charge on any atom is -0.496 e. The number of rotatable bonds is 9. The number of aromatic nitrogens is 4. The Bertz CT molecular complexity index is 1650. The van der Waals surface area contributed by atoms with E-state index < -0.39 is 6.10 Å². The number of aryl methyl sites for hydroxylation is 1. The Labute approximate surface area is 289 Å². The molecule has 8 rings (SSSR count). The molecule has 5 fully saturated rings. The van der Waals surface area contributed by atoms with Crippen LogP contribution in [0.3, 0.4) is 0 Å². The molecule has 49 heavy (non-hydrogen) atoms. The number of aliphatic hydroxyl groups is 1. The third-order valence-corrected chi connectivity index (χ3v) is 11.9. The molecule has 262 valence electrons. The van der Waals surface area contributed by atoms with Crippen LogP contribution in [0.1, 0.15) is 95.2 Å². The number of hydrogen-bond acceptors (Lipinski definition) is 8. The summed E-state index contributed by atoms with van der Waals surface area (Å²) in [4.78, 5) is 40.2. The summed E-state index contributed by atoms with van der Waals surface area (Å²) in [5.41, 5.74) is 4.41. The third-order valence-electron chi connectivity index (χ3n) is 11.9. The lowest BCUT2D eigenvalue weighted by molar-refractivity contribution is -0.125. The average Bonchev–Trinajstić information content (AvgIpc) is 3.61. The molecule has 3 aromatic rings. The van der Waals surface area contributed by atoms with Gasteiger partial charge < -0.3 is 19.5 Å². The number of benzene rings is 1. The van der Waals surface area contributed by atoms with Gasteiger partial charge in [0.25, 0.3) is 0 Å². The number of β-amino-alcohol motifs (C(OH)–C–C–N with tert-alkyl or cyclic N) is 1. The van der Waals surface area contributed by atoms with Crippen LogP contribution in [0.5, 0.6) is 5.75 Å². The van der Waals surface area contributed by atoms with Crippen LogP contribution in [0.2, 0.25) is 0 Å². The standard InChI is InChI=1S/C38H50N6O5/c1-25(2)44-21-28(20-40-44)32-11-18-39-35(41-32)43(34(46)27-5-8-31(9-6-27)49-36(47)42-22-30(45)23-42)24-37-12-15-38(16-13-37,17-14-37)29-7-10-33(48-4)26(3)19-29/h7,10-11,18-21,25,27,30-31,45H,5-6,8-9,12-17,22-24H2,1-4H3. The van der Waals surface area contributed by atoms with Crippen molar-refractivity contribution < 1.29 is 24.2 Å². The Morgan fingerprint density at radius 3 is 2.37 bits per heavy atom. The minimum atomic E-state index is -0.463. The molecule has 1 aliphatic heterocycles. The quantitative estimate of drug-likeness (QED) is 0.284. The van der Waals surface area contributed by atoms with Gasteiger partial charge in [0.2, 0.25) is 11.9 Å². The number of methoxy groups -OCH3 is 1. The predicted octanol–water partition coefficient (Wildman–Crippen LogP) is 6.24. The summed E-state index contributed by atoms with van der Waals surface area (Å²) in [6, 6.07) is 8.78. The van der Waals surface area contributed by atoms with Crippen LogP contribution in [0, 0.1) is 18.3 Å². The van der Waals surface area contributed by atoms with Crippen LogP contribution < -0.4 is 9.64 Å². The molecule has 1 saturated heterocycles. The normalized spacial score (nSPS) is 26.8. The first kappa shape index (κ1) is 33.5. The van der Waals surface area contributed by atoms with Crippen LogP contribution in [-0.2, 0) is 14.9 Å². The van der Waals surface area contributed by atoms with Crippen molar-refractivity contribution in [2.75, 3.05) is 31.6 Å². The van der Waals surface area contributed by atoms with Gasteiger partial charge in [0.05, 0.1) is 38.2 Å². The van der Waals surface area contributed by atoms with E-state index in [1.165, 1.54) is 16.0 Å². The number of ether oxygens (including phenoxy) is 2. The third kappa shape index (κ3) is 6.66. The van der Waals surface area contributed by atoms with Gasteiger partial charge in [0, 0.05) is 36.5 Å². The highest BCUT2D eigenvalue weighted by molar-refractivity contribution is 5.93. The number of anilines is 1. The van der Waals surface area contributed by atoms with E-state index in [-0.39, 0.29) is 40.9 Å². The van der Waals surface area contributed by atoms with Crippen LogP contribution in [0.4, 0.5) is 10.7 Å². The van der Waals surface area contributed by atoms with E-state index in [1.54, 1.807) is 13.3 Å². The van der Waals surface area contributed by atoms with E-state index in [0.717, 1.165) is 55.5 Å². The molecule has 4 aliphatic carbocycles. The smallest absolute Gasteiger partial charge is 0.410 e. The van der Waals surface area contributed by atoms with Gasteiger partial charge in [-0.1, -0.05) is 12.1 Å². The molecule has 0 unspecified atom stereocenters. The summed E-state index contributed by atoms with van der Waals surface area (Å²) in [6.07, 6.45) is 13.5. The van der Waals surface area contributed by atoms with E-state index in [9.17, 15) is 14.7 Å². The van der Waals surface area contributed by atoms with Gasteiger partial charge in [-0.2, -0.15) is 5.10 Å². The largest absolute Gasteiger partial charge is 0.496 e. The molecule has 1 aromatic carbocycles. The summed E-state index contributed by atoms with van der Waals surface area (Å²) in [6.45, 7) is 7.54. The summed E-state index contributed by atoms with van der Waals surface area (Å²) < 4.78 is 13.2. The molecule has 4 saturated carbocycles. The number of likely N-dealkylation sites (tertiary alicyclic amines) is 1. The van der Waals surface area contributed by atoms with Crippen LogP contribution >= 0.6 is 0 Å². The van der Waals surface area contributed by atoms with Crippen molar-refractivity contribution >= 4 is 17.9 Å². The van der Waals surface area contributed by atoms with Crippen LogP contribution in [-0.4, -0.2) is 80.7 Å². The fraction of sp³-hybridized carbons (Fsp3) is 0.605. The molecular weight excluding hydrogens is 620 g/mol. The van der Waals surface area contributed by atoms with E-state index in [4.69, 9.17) is 19.4 Å². The maximum absolute atomic E-state index is 14.6. The van der Waals surface area contributed by atoms with E-state index in [0.29, 0.717) is 51.3 Å². The van der Waals surface area contributed by atoms with Gasteiger partial charge in [-0.25, -0.2) is 14.8 Å². The monoisotopic (exact) mass is 670 g/mol. The Hall–Kier alpha value is -3.99. The number of nitrogens with zero attached hydrogens (tertiary/aromatic N) is 6. The molecule has 2 amide bonds. The predicted molar refractivity (Wildman–Crippen MR) is 185 cm³/mol. The van der Waals surface area contributed by atoms with Gasteiger partial charge in [0.15, 0.2) is 0 Å². The Morgan fingerprint density at radius 2 is 1.76 bits per heavy atom. The lowest BCUT2D eigenvalue weighted by Crippen LogP contribution is -2.54. The van der Waals surface area contributed by atoms with Crippen molar-refractivity contribution in [2.45, 2.75) is 109 Å². The van der Waals surface area contributed by atoms with Crippen molar-refractivity contribution in [3.05, 3.63) is 54.0 Å². The van der Waals surface area contributed by atoms with E-state index in [2.05, 4.69) is 44.1 Å². The van der Waals surface area contributed by atoms with Crippen molar-refractivity contribution in [3.63, 3.8) is 0 Å². The second kappa shape index (κ2) is 13.4. The zero-order chi connectivity index (χ0) is 34.3. The number of amides is 2. The molecule has 1 N–H and O–H groups in total. The second-order valence-electron chi connectivity index (χ2n) is 15.3. The van der Waals surface area contributed by atoms with Gasteiger partial charge >= 0.3 is 6.09 Å². The fourth-order valence-electron chi connectivity index (χ4n) is 8.59. The van der Waals surface area contributed by atoms with Gasteiger partial charge in [-0.05, 0) is 119 Å². The molecular formula is C38H50N6O5. The summed E-state index contributed by atoms with van der Waals surface area (Å²) >= 11 is 0. The highest BCUT2D eigenvalue weighted by atomic mass is 16.6. The number of carbonyl (C=O) groups excluding carboxylic acids is 2. The molecule has 11 heteroatoms. The topological polar surface area (TPSA) is 123 Å². The molecule has 3 heterocycles. The minimum absolute atomic E-state index is 0.00926. The Balaban J connectivity index is 1.10. The molecule has 5 aliphatic rings. The fourth-order valence-corrected chi connectivity index (χ4v) is 8.59. The number of carbonyl (C=O) groups is 2. The maximum atomic E-state index is 14.6. The van der Waals surface area contributed by atoms with E-state index >= 15 is 0 Å². The maximum Gasteiger partial charge on any atom is 0.410 e. The second-order valence-corrected chi connectivity index (χ2v) is 15.3. The molecule has 2 aromatic heterocycles. The lowest BCUT2D eigenvalue weighted by Gasteiger charge is -2.55. The summed E-state index contributed by atoms with van der Waals surface area (Å²) in [5.74, 6) is 1.25. The summed E-state index contributed by atoms with van der Waals surface area (Å²) in [5, 5.41) is 14.1. The van der Waals surface area contributed by atoms with Crippen molar-refractivity contribution in [1.82, 2.24) is 24.6 Å². The SMILES string of the molecule is COc1ccc(C23CCC(CN(C(=O)C4CCC(OC(=O)N5CC(O)C5)CC4)c4nccc(-c5cnn(C(C)C)c5)n4)(CC2)CC3)cc1C. The number of aliphatic hydroxyl groups excluding tert-OH is 1. The molecule has 0 spiro atoms. The lowest BCUT2D eigenvalue weighted by atomic mass is 9.51.